The Morgan fingerprint density at radius 3 is 2.34 bits per heavy atom. The van der Waals surface area contributed by atoms with Crippen LogP contribution in [0.4, 0.5) is 0 Å². The number of rotatable bonds is 4. The van der Waals surface area contributed by atoms with Crippen molar-refractivity contribution < 1.29 is 48.3 Å². The molecule has 1 saturated heterocycles. The lowest BCUT2D eigenvalue weighted by molar-refractivity contribution is -0.340. The highest BCUT2D eigenvalue weighted by Gasteiger charge is 2.77. The predicted octanol–water partition coefficient (Wildman–Crippen LogP) is 2.99. The van der Waals surface area contributed by atoms with E-state index in [9.17, 15) is 29.4 Å². The van der Waals surface area contributed by atoms with Crippen LogP contribution in [0.2, 0.25) is 0 Å². The molecule has 2 bridgehead atoms. The SMILES string of the molecule is CC(=O)OC1C(=O)[C@@]2(C)C(C(OC(=O)c3cccs3)C3(O)CC(O)C(C)=C1C3(C)C)C1(OC(C)=O)COC1C[C@@H]2C. The lowest BCUT2D eigenvalue weighted by Crippen LogP contribution is -2.80. The van der Waals surface area contributed by atoms with E-state index in [0.29, 0.717) is 12.0 Å². The van der Waals surface area contributed by atoms with Gasteiger partial charge in [-0.3, -0.25) is 14.4 Å². The number of fused-ring (bicyclic) bond motifs is 5. The number of hydrogen-bond acceptors (Lipinski definition) is 11. The second kappa shape index (κ2) is 9.72. The Balaban J connectivity index is 1.84. The van der Waals surface area contributed by atoms with Crippen molar-refractivity contribution in [3.8, 4) is 0 Å². The maximum absolute atomic E-state index is 14.9. The quantitative estimate of drug-likeness (QED) is 0.305. The highest BCUT2D eigenvalue weighted by molar-refractivity contribution is 7.11. The summed E-state index contributed by atoms with van der Waals surface area (Å²) < 4.78 is 23.9. The van der Waals surface area contributed by atoms with Crippen LogP contribution in [0.25, 0.3) is 0 Å². The fourth-order valence-corrected chi connectivity index (χ4v) is 8.62. The van der Waals surface area contributed by atoms with Crippen molar-refractivity contribution in [2.45, 2.75) is 96.9 Å². The molecule has 0 spiro atoms. The van der Waals surface area contributed by atoms with Crippen LogP contribution in [0.15, 0.2) is 28.7 Å². The summed E-state index contributed by atoms with van der Waals surface area (Å²) in [5.41, 5.74) is -5.48. The summed E-state index contributed by atoms with van der Waals surface area (Å²) in [6.45, 7) is 11.0. The number of carbonyl (C=O) groups excluding carboxylic acids is 4. The van der Waals surface area contributed by atoms with E-state index in [-0.39, 0.29) is 23.5 Å². The third-order valence-corrected chi connectivity index (χ3v) is 11.2. The molecule has 0 amide bonds. The molecular weight excluding hydrogens is 552 g/mol. The van der Waals surface area contributed by atoms with Crippen molar-refractivity contribution in [3.63, 3.8) is 0 Å². The summed E-state index contributed by atoms with van der Waals surface area (Å²) in [5.74, 6) is -4.03. The van der Waals surface area contributed by atoms with Crippen molar-refractivity contribution in [1.82, 2.24) is 0 Å². The summed E-state index contributed by atoms with van der Waals surface area (Å²) in [5, 5.41) is 25.9. The van der Waals surface area contributed by atoms with Gasteiger partial charge >= 0.3 is 17.9 Å². The molecule has 1 aliphatic heterocycles. The number of ether oxygens (including phenoxy) is 4. The zero-order chi connectivity index (χ0) is 30.3. The van der Waals surface area contributed by atoms with Gasteiger partial charge in [-0.2, -0.15) is 0 Å². The van der Waals surface area contributed by atoms with Crippen LogP contribution in [0, 0.1) is 22.7 Å². The highest BCUT2D eigenvalue weighted by Crippen LogP contribution is 2.65. The number of hydrogen-bond donors (Lipinski definition) is 2. The number of aliphatic hydroxyl groups excluding tert-OH is 1. The first-order valence-corrected chi connectivity index (χ1v) is 14.8. The molecule has 3 aliphatic carbocycles. The molecule has 2 heterocycles. The monoisotopic (exact) mass is 590 g/mol. The van der Waals surface area contributed by atoms with Crippen molar-refractivity contribution in [2.24, 2.45) is 22.7 Å². The third kappa shape index (κ3) is 4.06. The molecule has 9 atom stereocenters. The molecule has 0 aromatic carbocycles. The van der Waals surface area contributed by atoms with Gasteiger partial charge in [0, 0.05) is 31.1 Å². The summed E-state index contributed by atoms with van der Waals surface area (Å²) in [6, 6.07) is 3.29. The van der Waals surface area contributed by atoms with E-state index in [1.807, 2.05) is 6.92 Å². The van der Waals surface area contributed by atoms with Crippen LogP contribution >= 0.6 is 11.3 Å². The van der Waals surface area contributed by atoms with Gasteiger partial charge in [-0.25, -0.2) is 4.79 Å². The molecule has 224 valence electrons. The number of Topliss-reactive ketones (excluding diaryl/α,β-unsaturated/α-hetero) is 1. The van der Waals surface area contributed by atoms with Gasteiger partial charge in [0.25, 0.3) is 0 Å². The van der Waals surface area contributed by atoms with Gasteiger partial charge in [0.1, 0.15) is 22.7 Å². The Morgan fingerprint density at radius 1 is 1.12 bits per heavy atom. The number of thiophene rings is 1. The summed E-state index contributed by atoms with van der Waals surface area (Å²) in [4.78, 5) is 53.9. The van der Waals surface area contributed by atoms with Crippen LogP contribution in [-0.2, 0) is 33.3 Å². The molecule has 2 N–H and O–H groups in total. The fourth-order valence-electron chi connectivity index (χ4n) is 8.01. The van der Waals surface area contributed by atoms with Crippen LogP contribution in [0.3, 0.4) is 0 Å². The average Bonchev–Trinajstić information content (AvgIpc) is 3.41. The molecular formula is C30H38O10S. The number of esters is 3. The van der Waals surface area contributed by atoms with E-state index < -0.39 is 82.0 Å². The largest absolute Gasteiger partial charge is 0.455 e. The van der Waals surface area contributed by atoms with Gasteiger partial charge < -0.3 is 29.2 Å². The summed E-state index contributed by atoms with van der Waals surface area (Å²) in [7, 11) is 0. The van der Waals surface area contributed by atoms with Crippen LogP contribution in [0.5, 0.6) is 0 Å². The molecule has 41 heavy (non-hydrogen) atoms. The second-order valence-electron chi connectivity index (χ2n) is 12.8. The molecule has 3 fully saturated rings. The molecule has 5 rings (SSSR count). The topological polar surface area (TPSA) is 146 Å². The minimum absolute atomic E-state index is 0.0798. The lowest BCUT2D eigenvalue weighted by Gasteiger charge is -2.68. The van der Waals surface area contributed by atoms with Gasteiger partial charge in [-0.15, -0.1) is 11.3 Å². The van der Waals surface area contributed by atoms with Crippen molar-refractivity contribution >= 4 is 35.0 Å². The summed E-state index contributed by atoms with van der Waals surface area (Å²) in [6.07, 6.45) is -4.61. The highest BCUT2D eigenvalue weighted by atomic mass is 32.1. The Hall–Kier alpha value is -2.60. The first kappa shape index (κ1) is 29.9. The lowest BCUT2D eigenvalue weighted by atomic mass is 9.43. The van der Waals surface area contributed by atoms with Gasteiger partial charge in [0.2, 0.25) is 0 Å². The molecule has 0 radical (unpaired) electrons. The van der Waals surface area contributed by atoms with Crippen LogP contribution < -0.4 is 0 Å². The minimum Gasteiger partial charge on any atom is -0.455 e. The van der Waals surface area contributed by atoms with E-state index in [1.165, 1.54) is 13.8 Å². The Morgan fingerprint density at radius 2 is 1.80 bits per heavy atom. The summed E-state index contributed by atoms with van der Waals surface area (Å²) >= 11 is 1.16. The molecule has 11 heteroatoms. The molecule has 1 aromatic rings. The zero-order valence-electron chi connectivity index (χ0n) is 24.4. The molecule has 4 aliphatic rings. The van der Waals surface area contributed by atoms with E-state index in [4.69, 9.17) is 18.9 Å². The van der Waals surface area contributed by atoms with Gasteiger partial charge in [-0.05, 0) is 41.9 Å². The molecule has 1 aromatic heterocycles. The Kier molecular flexibility index (Phi) is 7.08. The maximum Gasteiger partial charge on any atom is 0.348 e. The predicted molar refractivity (Wildman–Crippen MR) is 146 cm³/mol. The van der Waals surface area contributed by atoms with E-state index in [2.05, 4.69) is 0 Å². The first-order chi connectivity index (χ1) is 19.0. The minimum atomic E-state index is -1.98. The van der Waals surface area contributed by atoms with Crippen molar-refractivity contribution in [3.05, 3.63) is 33.5 Å². The Bertz CT molecular complexity index is 1320. The molecule has 10 nitrogen and oxygen atoms in total. The smallest absolute Gasteiger partial charge is 0.348 e. The number of aliphatic hydroxyl groups is 2. The number of carbonyl (C=O) groups is 4. The Labute approximate surface area is 243 Å². The molecule has 7 unspecified atom stereocenters. The van der Waals surface area contributed by atoms with Crippen LogP contribution in [0.1, 0.15) is 71.0 Å². The van der Waals surface area contributed by atoms with Crippen molar-refractivity contribution in [1.29, 1.82) is 0 Å². The third-order valence-electron chi connectivity index (χ3n) is 10.4. The standard InChI is InChI=1S/C30H38O10S/c1-14-11-20-29(13-37-20,40-17(4)32)23-25(39-26(35)19-9-8-10-41-19)30(36)12-18(33)15(2)21(27(30,5)6)22(38-16(3)31)24(34)28(14,23)7/h8-10,14,18,20,22-23,25,33,36H,11-13H2,1-7H3/t14-,18?,20?,22?,23?,25?,28+,29?,30?/m0/s1. The van der Waals surface area contributed by atoms with E-state index in [1.54, 1.807) is 45.2 Å². The van der Waals surface area contributed by atoms with Crippen molar-refractivity contribution in [2.75, 3.05) is 6.61 Å². The zero-order valence-corrected chi connectivity index (χ0v) is 25.2. The number of ketones is 1. The van der Waals surface area contributed by atoms with Gasteiger partial charge in [-0.1, -0.05) is 33.8 Å². The first-order valence-electron chi connectivity index (χ1n) is 13.9. The second-order valence-corrected chi connectivity index (χ2v) is 13.7. The van der Waals surface area contributed by atoms with E-state index >= 15 is 0 Å². The normalized spacial score (nSPS) is 41.1. The van der Waals surface area contributed by atoms with E-state index in [0.717, 1.165) is 11.3 Å². The molecule has 2 saturated carbocycles. The van der Waals surface area contributed by atoms with Crippen LogP contribution in [-0.4, -0.2) is 76.1 Å². The van der Waals surface area contributed by atoms with Gasteiger partial charge in [0.05, 0.1) is 18.6 Å². The maximum atomic E-state index is 14.9. The average molecular weight is 591 g/mol. The van der Waals surface area contributed by atoms with Gasteiger partial charge in [0.15, 0.2) is 17.5 Å². The fraction of sp³-hybridized carbons (Fsp3) is 0.667.